The van der Waals surface area contributed by atoms with E-state index >= 15 is 0 Å². The van der Waals surface area contributed by atoms with Gasteiger partial charge in [-0.2, -0.15) is 11.3 Å². The molecule has 0 bridgehead atoms. The molecule has 0 aliphatic carbocycles. The fraction of sp³-hybridized carbons (Fsp3) is 0.400. The zero-order valence-electron chi connectivity index (χ0n) is 8.47. The number of carboxylic acid groups (broad SMARTS) is 1. The third-order valence-corrected chi connectivity index (χ3v) is 2.73. The van der Waals surface area contributed by atoms with Crippen molar-refractivity contribution in [2.45, 2.75) is 13.3 Å². The predicted octanol–water partition coefficient (Wildman–Crippen LogP) is 1.22. The highest BCUT2D eigenvalue weighted by Gasteiger charge is 2.15. The number of nitrogens with zero attached hydrogens (tertiary/aromatic N) is 1. The molecular weight excluding hydrogens is 214 g/mol. The first-order valence-corrected chi connectivity index (χ1v) is 5.58. The first-order chi connectivity index (χ1) is 7.13. The molecule has 0 unspecified atom stereocenters. The molecule has 1 N–H and O–H groups in total. The van der Waals surface area contributed by atoms with Gasteiger partial charge in [-0.15, -0.1) is 0 Å². The number of carbonyl (C=O) groups is 2. The van der Waals surface area contributed by atoms with Gasteiger partial charge in [0, 0.05) is 6.54 Å². The molecular formula is C10H13NO3S. The molecule has 0 saturated heterocycles. The number of rotatable bonds is 5. The summed E-state index contributed by atoms with van der Waals surface area (Å²) in [6.45, 7) is 1.98. The summed E-state index contributed by atoms with van der Waals surface area (Å²) in [6.07, 6.45) is 0.282. The maximum absolute atomic E-state index is 11.6. The van der Waals surface area contributed by atoms with Gasteiger partial charge in [0.2, 0.25) is 5.91 Å². The van der Waals surface area contributed by atoms with Crippen molar-refractivity contribution >= 4 is 23.2 Å². The minimum Gasteiger partial charge on any atom is -0.480 e. The predicted molar refractivity (Wildman–Crippen MR) is 57.9 cm³/mol. The molecule has 0 radical (unpaired) electrons. The average molecular weight is 227 g/mol. The normalized spacial score (nSPS) is 9.93. The second kappa shape index (κ2) is 5.50. The van der Waals surface area contributed by atoms with Gasteiger partial charge >= 0.3 is 5.97 Å². The molecule has 1 amide bonds. The molecule has 5 heteroatoms. The van der Waals surface area contributed by atoms with Crippen molar-refractivity contribution in [3.05, 3.63) is 22.4 Å². The van der Waals surface area contributed by atoms with Crippen LogP contribution in [0, 0.1) is 0 Å². The molecule has 1 heterocycles. The van der Waals surface area contributed by atoms with E-state index in [-0.39, 0.29) is 18.9 Å². The van der Waals surface area contributed by atoms with Crippen LogP contribution in [0.2, 0.25) is 0 Å². The Balaban J connectivity index is 2.54. The summed E-state index contributed by atoms with van der Waals surface area (Å²) < 4.78 is 0. The highest BCUT2D eigenvalue weighted by molar-refractivity contribution is 7.07. The molecule has 0 saturated carbocycles. The fourth-order valence-corrected chi connectivity index (χ4v) is 1.89. The van der Waals surface area contributed by atoms with E-state index in [2.05, 4.69) is 0 Å². The Bertz CT molecular complexity index is 334. The van der Waals surface area contributed by atoms with Crippen LogP contribution in [-0.4, -0.2) is 35.0 Å². The number of thiophene rings is 1. The molecule has 0 aliphatic heterocycles. The smallest absolute Gasteiger partial charge is 0.323 e. The van der Waals surface area contributed by atoms with Crippen LogP contribution in [0.15, 0.2) is 16.8 Å². The molecule has 0 fully saturated rings. The summed E-state index contributed by atoms with van der Waals surface area (Å²) in [7, 11) is 0. The van der Waals surface area contributed by atoms with E-state index in [0.29, 0.717) is 6.54 Å². The molecule has 1 aromatic heterocycles. The van der Waals surface area contributed by atoms with Crippen molar-refractivity contribution in [1.29, 1.82) is 0 Å². The van der Waals surface area contributed by atoms with Crippen LogP contribution in [0.3, 0.4) is 0 Å². The monoisotopic (exact) mass is 227 g/mol. The Labute approximate surface area is 92.1 Å². The summed E-state index contributed by atoms with van der Waals surface area (Å²) in [5.41, 5.74) is 0.939. The van der Waals surface area contributed by atoms with Crippen molar-refractivity contribution in [2.24, 2.45) is 0 Å². The highest BCUT2D eigenvalue weighted by Crippen LogP contribution is 2.08. The number of hydrogen-bond acceptors (Lipinski definition) is 3. The van der Waals surface area contributed by atoms with Crippen LogP contribution in [0.4, 0.5) is 0 Å². The largest absolute Gasteiger partial charge is 0.480 e. The molecule has 0 spiro atoms. The first kappa shape index (κ1) is 11.7. The molecule has 1 rings (SSSR count). The number of amides is 1. The quantitative estimate of drug-likeness (QED) is 0.823. The van der Waals surface area contributed by atoms with Crippen LogP contribution in [0.1, 0.15) is 12.5 Å². The molecule has 0 aliphatic rings. The molecule has 15 heavy (non-hydrogen) atoms. The van der Waals surface area contributed by atoms with Gasteiger partial charge in [0.1, 0.15) is 6.54 Å². The molecule has 0 atom stereocenters. The minimum atomic E-state index is -0.976. The van der Waals surface area contributed by atoms with E-state index < -0.39 is 5.97 Å². The Hall–Kier alpha value is -1.36. The van der Waals surface area contributed by atoms with Gasteiger partial charge in [-0.3, -0.25) is 9.59 Å². The highest BCUT2D eigenvalue weighted by atomic mass is 32.1. The van der Waals surface area contributed by atoms with Gasteiger partial charge in [0.15, 0.2) is 0 Å². The van der Waals surface area contributed by atoms with Crippen molar-refractivity contribution in [2.75, 3.05) is 13.1 Å². The fourth-order valence-electron chi connectivity index (χ4n) is 1.22. The van der Waals surface area contributed by atoms with Crippen LogP contribution in [0.5, 0.6) is 0 Å². The van der Waals surface area contributed by atoms with Crippen LogP contribution in [-0.2, 0) is 16.0 Å². The zero-order chi connectivity index (χ0) is 11.3. The number of carbonyl (C=O) groups excluding carboxylic acids is 1. The summed E-state index contributed by atoms with van der Waals surface area (Å²) in [6, 6.07) is 1.87. The van der Waals surface area contributed by atoms with Crippen LogP contribution < -0.4 is 0 Å². The summed E-state index contributed by atoms with van der Waals surface area (Å²) in [4.78, 5) is 23.5. The van der Waals surface area contributed by atoms with E-state index in [1.54, 1.807) is 6.92 Å². The van der Waals surface area contributed by atoms with Gasteiger partial charge < -0.3 is 10.0 Å². The lowest BCUT2D eigenvalue weighted by atomic mass is 10.2. The van der Waals surface area contributed by atoms with Gasteiger partial charge in [-0.25, -0.2) is 0 Å². The second-order valence-electron chi connectivity index (χ2n) is 3.11. The Morgan fingerprint density at radius 2 is 2.27 bits per heavy atom. The molecule has 1 aromatic rings. The maximum atomic E-state index is 11.6. The van der Waals surface area contributed by atoms with E-state index in [9.17, 15) is 9.59 Å². The number of carboxylic acids is 1. The van der Waals surface area contributed by atoms with Gasteiger partial charge in [0.05, 0.1) is 6.42 Å². The minimum absolute atomic E-state index is 0.140. The van der Waals surface area contributed by atoms with Crippen molar-refractivity contribution < 1.29 is 14.7 Å². The third-order valence-electron chi connectivity index (χ3n) is 2.00. The SMILES string of the molecule is CCN(CC(=O)O)C(=O)Cc1ccsc1. The van der Waals surface area contributed by atoms with Gasteiger partial charge in [-0.1, -0.05) is 0 Å². The van der Waals surface area contributed by atoms with Gasteiger partial charge in [0.25, 0.3) is 0 Å². The van der Waals surface area contributed by atoms with E-state index in [4.69, 9.17) is 5.11 Å². The average Bonchev–Trinajstić information content (AvgIpc) is 2.66. The number of aliphatic carboxylic acids is 1. The number of hydrogen-bond donors (Lipinski definition) is 1. The second-order valence-corrected chi connectivity index (χ2v) is 3.89. The lowest BCUT2D eigenvalue weighted by Gasteiger charge is -2.17. The van der Waals surface area contributed by atoms with Crippen LogP contribution >= 0.6 is 11.3 Å². The van der Waals surface area contributed by atoms with E-state index in [0.717, 1.165) is 5.56 Å². The summed E-state index contributed by atoms with van der Waals surface area (Å²) in [5, 5.41) is 12.4. The molecule has 4 nitrogen and oxygen atoms in total. The Morgan fingerprint density at radius 3 is 2.73 bits per heavy atom. The topological polar surface area (TPSA) is 57.6 Å². The molecule has 82 valence electrons. The van der Waals surface area contributed by atoms with E-state index in [1.165, 1.54) is 16.2 Å². The van der Waals surface area contributed by atoms with Crippen molar-refractivity contribution in [3.8, 4) is 0 Å². The lowest BCUT2D eigenvalue weighted by molar-refractivity contribution is -0.144. The van der Waals surface area contributed by atoms with Gasteiger partial charge in [-0.05, 0) is 29.3 Å². The maximum Gasteiger partial charge on any atom is 0.323 e. The standard InChI is InChI=1S/C10H13NO3S/c1-2-11(6-10(13)14)9(12)5-8-3-4-15-7-8/h3-4,7H,2,5-6H2,1H3,(H,13,14). The van der Waals surface area contributed by atoms with Crippen molar-refractivity contribution in [1.82, 2.24) is 4.90 Å². The molecule has 0 aromatic carbocycles. The van der Waals surface area contributed by atoms with Crippen LogP contribution in [0.25, 0.3) is 0 Å². The third kappa shape index (κ3) is 3.71. The number of likely N-dealkylation sites (N-methyl/N-ethyl adjacent to an activating group) is 1. The summed E-state index contributed by atoms with van der Waals surface area (Å²) in [5.74, 6) is -1.12. The first-order valence-electron chi connectivity index (χ1n) is 4.64. The Kier molecular flexibility index (Phi) is 4.30. The van der Waals surface area contributed by atoms with Crippen molar-refractivity contribution in [3.63, 3.8) is 0 Å². The lowest BCUT2D eigenvalue weighted by Crippen LogP contribution is -2.36. The summed E-state index contributed by atoms with van der Waals surface area (Å²) >= 11 is 1.53. The van der Waals surface area contributed by atoms with E-state index in [1.807, 2.05) is 16.8 Å². The Morgan fingerprint density at radius 1 is 1.53 bits per heavy atom. The zero-order valence-corrected chi connectivity index (χ0v) is 9.29.